The van der Waals surface area contributed by atoms with Gasteiger partial charge in [0.05, 0.1) is 0 Å². The van der Waals surface area contributed by atoms with Crippen molar-refractivity contribution in [3.8, 4) is 90.6 Å². The van der Waals surface area contributed by atoms with Crippen LogP contribution in [0.4, 0.5) is 0 Å². The summed E-state index contributed by atoms with van der Waals surface area (Å²) in [4.78, 5) is 29.9. The highest BCUT2D eigenvalue weighted by atomic mass is 32.1. The van der Waals surface area contributed by atoms with Crippen LogP contribution in [0.25, 0.3) is 111 Å². The lowest BCUT2D eigenvalue weighted by molar-refractivity contribution is 1.07. The average molecular weight is 799 g/mol. The molecule has 0 spiro atoms. The summed E-state index contributed by atoms with van der Waals surface area (Å²) < 4.78 is 2.48. The molecule has 286 valence electrons. The van der Waals surface area contributed by atoms with E-state index in [1.807, 2.05) is 133 Å². The Kier molecular flexibility index (Phi) is 9.26. The average Bonchev–Trinajstić information content (AvgIpc) is 3.73. The highest BCUT2D eigenvalue weighted by Crippen LogP contribution is 2.45. The number of fused-ring (bicyclic) bond motifs is 3. The summed E-state index contributed by atoms with van der Waals surface area (Å²) in [6.07, 6.45) is 0. The second-order valence-electron chi connectivity index (χ2n) is 14.7. The zero-order valence-corrected chi connectivity index (χ0v) is 33.5. The van der Waals surface area contributed by atoms with E-state index in [1.54, 1.807) is 0 Å². The van der Waals surface area contributed by atoms with Gasteiger partial charge in [-0.25, -0.2) is 29.9 Å². The third-order valence-electron chi connectivity index (χ3n) is 10.8. The fourth-order valence-electron chi connectivity index (χ4n) is 7.80. The first kappa shape index (κ1) is 36.1. The van der Waals surface area contributed by atoms with E-state index in [-0.39, 0.29) is 0 Å². The van der Waals surface area contributed by atoms with Gasteiger partial charge in [0.2, 0.25) is 0 Å². The van der Waals surface area contributed by atoms with Crippen LogP contribution in [-0.2, 0) is 0 Å². The molecule has 6 nitrogen and oxygen atoms in total. The Morgan fingerprint density at radius 3 is 1.13 bits per heavy atom. The summed E-state index contributed by atoms with van der Waals surface area (Å²) in [5.74, 6) is 3.77. The number of thiophene rings is 1. The molecular formula is C54H34N6S. The molecule has 7 heteroatoms. The zero-order valence-electron chi connectivity index (χ0n) is 32.7. The summed E-state index contributed by atoms with van der Waals surface area (Å²) >= 11 is 1.83. The molecule has 0 radical (unpaired) electrons. The van der Waals surface area contributed by atoms with E-state index in [0.29, 0.717) is 34.9 Å². The third-order valence-corrected chi connectivity index (χ3v) is 12.0. The molecule has 3 heterocycles. The molecule has 0 aliphatic rings. The lowest BCUT2D eigenvalue weighted by atomic mass is 9.91. The van der Waals surface area contributed by atoms with E-state index in [1.165, 1.54) is 25.7 Å². The van der Waals surface area contributed by atoms with Gasteiger partial charge in [0, 0.05) is 59.1 Å². The second-order valence-corrected chi connectivity index (χ2v) is 15.7. The monoisotopic (exact) mass is 798 g/mol. The first-order valence-electron chi connectivity index (χ1n) is 20.1. The van der Waals surface area contributed by atoms with Gasteiger partial charge in [-0.3, -0.25) is 0 Å². The highest BCUT2D eigenvalue weighted by molar-refractivity contribution is 7.26. The van der Waals surface area contributed by atoms with Crippen molar-refractivity contribution in [2.45, 2.75) is 0 Å². The van der Waals surface area contributed by atoms with Crippen LogP contribution in [0.3, 0.4) is 0 Å². The van der Waals surface area contributed by atoms with Crippen LogP contribution in [0.5, 0.6) is 0 Å². The molecule has 0 fully saturated rings. The van der Waals surface area contributed by atoms with Gasteiger partial charge in [0.25, 0.3) is 0 Å². The molecule has 0 saturated heterocycles. The van der Waals surface area contributed by atoms with Crippen LogP contribution in [0.1, 0.15) is 0 Å². The van der Waals surface area contributed by atoms with E-state index >= 15 is 0 Å². The van der Waals surface area contributed by atoms with Gasteiger partial charge in [0.1, 0.15) is 0 Å². The number of nitrogens with zero attached hydrogens (tertiary/aromatic N) is 6. The predicted molar refractivity (Wildman–Crippen MR) is 250 cm³/mol. The fraction of sp³-hybridized carbons (Fsp3) is 0. The standard InChI is InChI=1S/C54H34N6S/c1-5-16-36(17-6-1)49-55-50(37-18-7-2-8-19-37)58-53(57-49)40-30-28-35(29-31-40)47-43(32-33-45-44-26-13-14-27-46(44)61-48(45)47)41-24-15-25-42(34-41)54-59-51(38-20-9-3-10-21-38)56-52(60-54)39-22-11-4-12-23-39/h1-34H. The Labute approximate surface area is 356 Å². The highest BCUT2D eigenvalue weighted by Gasteiger charge is 2.19. The van der Waals surface area contributed by atoms with Crippen molar-refractivity contribution in [3.63, 3.8) is 0 Å². The maximum Gasteiger partial charge on any atom is 0.164 e. The molecule has 61 heavy (non-hydrogen) atoms. The number of aromatic nitrogens is 6. The Hall–Kier alpha value is -8.00. The van der Waals surface area contributed by atoms with Crippen LogP contribution < -0.4 is 0 Å². The Morgan fingerprint density at radius 2 is 0.639 bits per heavy atom. The van der Waals surface area contributed by atoms with Crippen molar-refractivity contribution in [3.05, 3.63) is 206 Å². The van der Waals surface area contributed by atoms with E-state index < -0.39 is 0 Å². The number of benzene rings is 8. The first-order valence-corrected chi connectivity index (χ1v) is 20.9. The fourth-order valence-corrected chi connectivity index (χ4v) is 9.08. The quantitative estimate of drug-likeness (QED) is 0.152. The van der Waals surface area contributed by atoms with Crippen molar-refractivity contribution in [2.24, 2.45) is 0 Å². The number of hydrogen-bond acceptors (Lipinski definition) is 7. The smallest absolute Gasteiger partial charge is 0.164 e. The third kappa shape index (κ3) is 7.03. The molecule has 0 N–H and O–H groups in total. The topological polar surface area (TPSA) is 77.3 Å². The van der Waals surface area contributed by atoms with Crippen molar-refractivity contribution < 1.29 is 0 Å². The molecule has 0 amide bonds. The molecule has 0 atom stereocenters. The van der Waals surface area contributed by atoms with Crippen molar-refractivity contribution in [2.75, 3.05) is 0 Å². The van der Waals surface area contributed by atoms with E-state index in [9.17, 15) is 0 Å². The molecule has 0 bridgehead atoms. The first-order chi connectivity index (χ1) is 30.2. The van der Waals surface area contributed by atoms with Gasteiger partial charge in [-0.15, -0.1) is 11.3 Å². The van der Waals surface area contributed by atoms with Crippen LogP contribution in [-0.4, -0.2) is 29.9 Å². The molecule has 0 unspecified atom stereocenters. The second kappa shape index (κ2) is 15.6. The summed E-state index contributed by atoms with van der Waals surface area (Å²) in [7, 11) is 0. The number of hydrogen-bond donors (Lipinski definition) is 0. The van der Waals surface area contributed by atoms with E-state index in [0.717, 1.165) is 50.1 Å². The van der Waals surface area contributed by atoms with Gasteiger partial charge >= 0.3 is 0 Å². The summed E-state index contributed by atoms with van der Waals surface area (Å²) in [6.45, 7) is 0. The lowest BCUT2D eigenvalue weighted by Gasteiger charge is -2.14. The van der Waals surface area contributed by atoms with E-state index in [2.05, 4.69) is 84.9 Å². The molecule has 0 aliphatic carbocycles. The van der Waals surface area contributed by atoms with Gasteiger partial charge in [0.15, 0.2) is 34.9 Å². The number of rotatable bonds is 8. The van der Waals surface area contributed by atoms with Crippen molar-refractivity contribution >= 4 is 31.5 Å². The maximum atomic E-state index is 5.05. The summed E-state index contributed by atoms with van der Waals surface area (Å²) in [5, 5.41) is 2.48. The maximum absolute atomic E-state index is 5.05. The van der Waals surface area contributed by atoms with Gasteiger partial charge in [-0.2, -0.15) is 0 Å². The van der Waals surface area contributed by atoms with Crippen molar-refractivity contribution in [1.82, 2.24) is 29.9 Å². The van der Waals surface area contributed by atoms with Gasteiger partial charge in [-0.05, 0) is 28.8 Å². The Bertz CT molecular complexity index is 3220. The molecule has 0 aliphatic heterocycles. The van der Waals surface area contributed by atoms with Crippen molar-refractivity contribution in [1.29, 1.82) is 0 Å². The predicted octanol–water partition coefficient (Wildman–Crippen LogP) is 13.8. The van der Waals surface area contributed by atoms with Crippen LogP contribution in [0.2, 0.25) is 0 Å². The Morgan fingerprint density at radius 1 is 0.262 bits per heavy atom. The van der Waals surface area contributed by atoms with Gasteiger partial charge in [-0.1, -0.05) is 194 Å². The Balaban J connectivity index is 1.05. The minimum Gasteiger partial charge on any atom is -0.208 e. The van der Waals surface area contributed by atoms with E-state index in [4.69, 9.17) is 29.9 Å². The largest absolute Gasteiger partial charge is 0.208 e. The van der Waals surface area contributed by atoms with Crippen LogP contribution in [0.15, 0.2) is 206 Å². The molecule has 8 aromatic carbocycles. The summed E-state index contributed by atoms with van der Waals surface area (Å²) in [6, 6.07) is 70.7. The summed E-state index contributed by atoms with van der Waals surface area (Å²) in [5.41, 5.74) is 10.0. The molecule has 11 aromatic rings. The van der Waals surface area contributed by atoms with Crippen LogP contribution >= 0.6 is 11.3 Å². The molecule has 3 aromatic heterocycles. The normalized spacial score (nSPS) is 11.3. The zero-order chi connectivity index (χ0) is 40.5. The molecular weight excluding hydrogens is 765 g/mol. The molecule has 11 rings (SSSR count). The SMILES string of the molecule is c1ccc(-c2nc(-c3ccccc3)nc(-c3ccc(-c4c(-c5cccc(-c6nc(-c7ccccc7)nc(-c7ccccc7)n6)c5)ccc5c4sc4ccccc45)cc3)n2)cc1. The van der Waals surface area contributed by atoms with Gasteiger partial charge < -0.3 is 0 Å². The molecule has 0 saturated carbocycles. The minimum atomic E-state index is 0.616. The lowest BCUT2D eigenvalue weighted by Crippen LogP contribution is -2.00. The minimum absolute atomic E-state index is 0.616. The van der Waals surface area contributed by atoms with Crippen LogP contribution in [0, 0.1) is 0 Å².